The summed E-state index contributed by atoms with van der Waals surface area (Å²) in [4.78, 5) is 31.6. The van der Waals surface area contributed by atoms with Gasteiger partial charge >= 0.3 is 5.97 Å². The molecule has 2 N–H and O–H groups in total. The second-order valence-electron chi connectivity index (χ2n) is 5.87. The molecule has 27 heavy (non-hydrogen) atoms. The summed E-state index contributed by atoms with van der Waals surface area (Å²) in [6.07, 6.45) is 1.99. The van der Waals surface area contributed by atoms with Crippen molar-refractivity contribution in [2.45, 2.75) is 13.3 Å². The van der Waals surface area contributed by atoms with E-state index in [-0.39, 0.29) is 22.8 Å². The molecule has 0 bridgehead atoms. The molecule has 0 aliphatic heterocycles. The summed E-state index contributed by atoms with van der Waals surface area (Å²) >= 11 is 0. The molecule has 0 aliphatic carbocycles. The highest BCUT2D eigenvalue weighted by molar-refractivity contribution is 6.05. The van der Waals surface area contributed by atoms with E-state index < -0.39 is 17.6 Å². The molecule has 0 radical (unpaired) electrons. The third-order valence-electron chi connectivity index (χ3n) is 3.87. The van der Waals surface area contributed by atoms with Crippen molar-refractivity contribution in [1.29, 1.82) is 0 Å². The van der Waals surface area contributed by atoms with Crippen LogP contribution in [0.15, 0.2) is 36.5 Å². The normalized spacial score (nSPS) is 10.6. The maximum atomic E-state index is 13.1. The molecule has 1 amide bonds. The average Bonchev–Trinajstić information content (AvgIpc) is 2.65. The van der Waals surface area contributed by atoms with Crippen LogP contribution in [0.4, 0.5) is 10.2 Å². The smallest absolute Gasteiger partial charge is 0.360 e. The number of carbonyl (C=O) groups is 2. The van der Waals surface area contributed by atoms with Crippen molar-refractivity contribution < 1.29 is 23.8 Å². The molecular formula is C19H16FN3O4. The molecule has 3 rings (SSSR count). The van der Waals surface area contributed by atoms with Gasteiger partial charge in [0.1, 0.15) is 17.2 Å². The quantitative estimate of drug-likeness (QED) is 0.686. The zero-order valence-electron chi connectivity index (χ0n) is 14.6. The first kappa shape index (κ1) is 18.2. The van der Waals surface area contributed by atoms with Gasteiger partial charge in [-0.15, -0.1) is 0 Å². The number of hydrogen-bond acceptors (Lipinski definition) is 6. The number of esters is 1. The van der Waals surface area contributed by atoms with Crippen molar-refractivity contribution in [3.8, 4) is 5.75 Å². The van der Waals surface area contributed by atoms with Crippen LogP contribution in [0.1, 0.15) is 28.5 Å². The Hall–Kier alpha value is -3.55. The number of ether oxygens (including phenoxy) is 1. The molecule has 0 atom stereocenters. The Bertz CT molecular complexity index is 1040. The van der Waals surface area contributed by atoms with Crippen LogP contribution >= 0.6 is 0 Å². The average molecular weight is 369 g/mol. The standard InChI is InChI=1S/C19H16FN3O4/c1-10(24)22-18-14-8-12(7-11-3-5-13(20)6-4-11)9-21-15(14)17(25)16(23-18)19(26)27-2/h3-6,8-9,25H,7H2,1-2H3,(H,22,23,24). The van der Waals surface area contributed by atoms with E-state index in [1.54, 1.807) is 18.2 Å². The van der Waals surface area contributed by atoms with Crippen LogP contribution < -0.4 is 5.32 Å². The number of pyridine rings is 2. The first-order chi connectivity index (χ1) is 12.9. The number of nitrogens with zero attached hydrogens (tertiary/aromatic N) is 2. The molecule has 2 aromatic heterocycles. The molecule has 0 saturated carbocycles. The number of carbonyl (C=O) groups excluding carboxylic acids is 2. The number of aromatic hydroxyl groups is 1. The minimum Gasteiger partial charge on any atom is -0.504 e. The Kier molecular flexibility index (Phi) is 4.98. The Morgan fingerprint density at radius 3 is 2.56 bits per heavy atom. The Balaban J connectivity index is 2.11. The molecule has 0 fully saturated rings. The lowest BCUT2D eigenvalue weighted by atomic mass is 10.0. The van der Waals surface area contributed by atoms with E-state index in [2.05, 4.69) is 20.0 Å². The van der Waals surface area contributed by atoms with E-state index in [0.29, 0.717) is 11.8 Å². The largest absolute Gasteiger partial charge is 0.504 e. The van der Waals surface area contributed by atoms with Crippen LogP contribution in [-0.4, -0.2) is 34.1 Å². The molecular weight excluding hydrogens is 353 g/mol. The fourth-order valence-electron chi connectivity index (χ4n) is 2.65. The molecule has 1 aromatic carbocycles. The number of hydrogen-bond donors (Lipinski definition) is 2. The number of aromatic nitrogens is 2. The highest BCUT2D eigenvalue weighted by Gasteiger charge is 2.21. The van der Waals surface area contributed by atoms with Crippen molar-refractivity contribution in [1.82, 2.24) is 9.97 Å². The van der Waals surface area contributed by atoms with Crippen molar-refractivity contribution in [2.75, 3.05) is 12.4 Å². The minimum atomic E-state index is -0.849. The number of methoxy groups -OCH3 is 1. The van der Waals surface area contributed by atoms with Gasteiger partial charge in [-0.1, -0.05) is 12.1 Å². The highest BCUT2D eigenvalue weighted by atomic mass is 19.1. The molecule has 0 spiro atoms. The van der Waals surface area contributed by atoms with E-state index in [1.165, 1.54) is 25.3 Å². The van der Waals surface area contributed by atoms with Gasteiger partial charge in [-0.2, -0.15) is 0 Å². The van der Waals surface area contributed by atoms with Gasteiger partial charge in [0.15, 0.2) is 11.4 Å². The monoisotopic (exact) mass is 369 g/mol. The number of rotatable bonds is 4. The number of amides is 1. The van der Waals surface area contributed by atoms with E-state index in [1.807, 2.05) is 0 Å². The molecule has 7 nitrogen and oxygen atoms in total. The van der Waals surface area contributed by atoms with Crippen LogP contribution in [0.25, 0.3) is 10.9 Å². The Labute approximate surface area is 153 Å². The Morgan fingerprint density at radius 2 is 1.93 bits per heavy atom. The van der Waals surface area contributed by atoms with Crippen LogP contribution in [0.2, 0.25) is 0 Å². The highest BCUT2D eigenvalue weighted by Crippen LogP contribution is 2.32. The van der Waals surface area contributed by atoms with E-state index in [0.717, 1.165) is 18.2 Å². The number of anilines is 1. The molecule has 0 unspecified atom stereocenters. The number of nitrogens with one attached hydrogen (secondary N) is 1. The van der Waals surface area contributed by atoms with Crippen LogP contribution in [0.5, 0.6) is 5.75 Å². The molecule has 0 saturated heterocycles. The molecule has 3 aromatic rings. The van der Waals surface area contributed by atoms with Gasteiger partial charge in [0, 0.05) is 18.5 Å². The van der Waals surface area contributed by atoms with Gasteiger partial charge in [0.05, 0.1) is 7.11 Å². The van der Waals surface area contributed by atoms with Gasteiger partial charge in [0.2, 0.25) is 5.91 Å². The molecule has 2 heterocycles. The summed E-state index contributed by atoms with van der Waals surface area (Å²) in [5.74, 6) is -1.91. The maximum Gasteiger partial charge on any atom is 0.360 e. The van der Waals surface area contributed by atoms with Crippen LogP contribution in [0.3, 0.4) is 0 Å². The van der Waals surface area contributed by atoms with E-state index in [4.69, 9.17) is 0 Å². The number of halogens is 1. The third-order valence-corrected chi connectivity index (χ3v) is 3.87. The SMILES string of the molecule is COC(=O)c1nc(NC(C)=O)c2cc(Cc3ccc(F)cc3)cnc2c1O. The minimum absolute atomic E-state index is 0.0872. The van der Waals surface area contributed by atoms with Gasteiger partial charge in [0.25, 0.3) is 0 Å². The van der Waals surface area contributed by atoms with Gasteiger partial charge in [-0.3, -0.25) is 9.78 Å². The lowest BCUT2D eigenvalue weighted by Crippen LogP contribution is -2.12. The molecule has 0 aliphatic rings. The second kappa shape index (κ2) is 7.36. The number of benzene rings is 1. The van der Waals surface area contributed by atoms with Crippen molar-refractivity contribution >= 4 is 28.6 Å². The maximum absolute atomic E-state index is 13.1. The summed E-state index contributed by atoms with van der Waals surface area (Å²) in [5, 5.41) is 13.2. The van der Waals surface area contributed by atoms with Crippen LogP contribution in [-0.2, 0) is 16.0 Å². The van der Waals surface area contributed by atoms with Gasteiger partial charge < -0.3 is 15.2 Å². The second-order valence-corrected chi connectivity index (χ2v) is 5.87. The van der Waals surface area contributed by atoms with Crippen molar-refractivity contribution in [3.05, 3.63) is 59.2 Å². The third kappa shape index (κ3) is 3.84. The molecule has 138 valence electrons. The van der Waals surface area contributed by atoms with Crippen molar-refractivity contribution in [2.24, 2.45) is 0 Å². The van der Waals surface area contributed by atoms with E-state index >= 15 is 0 Å². The Morgan fingerprint density at radius 1 is 1.22 bits per heavy atom. The fraction of sp³-hybridized carbons (Fsp3) is 0.158. The lowest BCUT2D eigenvalue weighted by Gasteiger charge is -2.12. The topological polar surface area (TPSA) is 101 Å². The fourth-order valence-corrected chi connectivity index (χ4v) is 2.65. The summed E-state index contributed by atoms with van der Waals surface area (Å²) in [6.45, 7) is 1.30. The summed E-state index contributed by atoms with van der Waals surface area (Å²) in [5.41, 5.74) is 1.39. The summed E-state index contributed by atoms with van der Waals surface area (Å²) < 4.78 is 17.7. The number of fused-ring (bicyclic) bond motifs is 1. The first-order valence-corrected chi connectivity index (χ1v) is 8.01. The predicted octanol–water partition coefficient (Wildman–Crippen LogP) is 2.81. The predicted molar refractivity (Wildman–Crippen MR) is 96.1 cm³/mol. The summed E-state index contributed by atoms with van der Waals surface area (Å²) in [7, 11) is 1.16. The van der Waals surface area contributed by atoms with Crippen molar-refractivity contribution in [3.63, 3.8) is 0 Å². The van der Waals surface area contributed by atoms with Crippen LogP contribution in [0, 0.1) is 5.82 Å². The zero-order valence-corrected chi connectivity index (χ0v) is 14.6. The van der Waals surface area contributed by atoms with Gasteiger partial charge in [-0.25, -0.2) is 14.2 Å². The van der Waals surface area contributed by atoms with Gasteiger partial charge in [-0.05, 0) is 35.7 Å². The summed E-state index contributed by atoms with van der Waals surface area (Å²) in [6, 6.07) is 7.74. The van der Waals surface area contributed by atoms with E-state index in [9.17, 15) is 19.1 Å². The molecule has 8 heteroatoms. The zero-order chi connectivity index (χ0) is 19.6. The lowest BCUT2D eigenvalue weighted by molar-refractivity contribution is -0.114. The first-order valence-electron chi connectivity index (χ1n) is 8.01.